The monoisotopic (exact) mass is 350 g/mol. The first-order valence-corrected chi connectivity index (χ1v) is 8.68. The predicted octanol–water partition coefficient (Wildman–Crippen LogP) is 2.72. The van der Waals surface area contributed by atoms with Crippen molar-refractivity contribution in [3.63, 3.8) is 0 Å². The number of nitrogens with zero attached hydrogens (tertiary/aromatic N) is 2. The van der Waals surface area contributed by atoms with Crippen molar-refractivity contribution in [1.82, 2.24) is 10.1 Å². The fourth-order valence-corrected chi connectivity index (χ4v) is 3.99. The Morgan fingerprint density at radius 2 is 2.30 bits per heavy atom. The number of rotatable bonds is 3. The van der Waals surface area contributed by atoms with Gasteiger partial charge in [0.25, 0.3) is 0 Å². The van der Waals surface area contributed by atoms with E-state index >= 15 is 0 Å². The zero-order valence-electron chi connectivity index (χ0n) is 12.2. The number of thioether (sulfide) groups is 1. The van der Waals surface area contributed by atoms with Gasteiger partial charge < -0.3 is 15.6 Å². The van der Waals surface area contributed by atoms with Crippen LogP contribution >= 0.6 is 23.4 Å². The standard InChI is InChI=1S/C15H15ClN4O2S/c16-8-2-3-10-9(6-8)18-13(21)11(23-10)7-12-19-14(20-22-12)15(17)4-1-5-15/h2-3,6,11H,1,4-5,7,17H2,(H,18,21). The van der Waals surface area contributed by atoms with E-state index in [-0.39, 0.29) is 11.2 Å². The number of benzene rings is 1. The van der Waals surface area contributed by atoms with E-state index in [0.29, 0.717) is 23.2 Å². The van der Waals surface area contributed by atoms with Gasteiger partial charge in [-0.15, -0.1) is 11.8 Å². The number of amides is 1. The Hall–Kier alpha value is -1.57. The van der Waals surface area contributed by atoms with Gasteiger partial charge in [0.15, 0.2) is 5.82 Å². The number of halogens is 1. The molecule has 1 fully saturated rings. The minimum absolute atomic E-state index is 0.0874. The first-order chi connectivity index (χ1) is 11.0. The van der Waals surface area contributed by atoms with Gasteiger partial charge in [0.05, 0.1) is 16.5 Å². The fourth-order valence-electron chi connectivity index (χ4n) is 2.74. The number of aromatic nitrogens is 2. The maximum atomic E-state index is 12.3. The van der Waals surface area contributed by atoms with Crippen molar-refractivity contribution in [1.29, 1.82) is 0 Å². The summed E-state index contributed by atoms with van der Waals surface area (Å²) in [6, 6.07) is 5.45. The van der Waals surface area contributed by atoms with Crippen LogP contribution in [0.4, 0.5) is 5.69 Å². The van der Waals surface area contributed by atoms with Gasteiger partial charge >= 0.3 is 0 Å². The molecule has 23 heavy (non-hydrogen) atoms. The minimum atomic E-state index is -0.451. The lowest BCUT2D eigenvalue weighted by molar-refractivity contribution is -0.115. The number of carbonyl (C=O) groups excluding carboxylic acids is 1. The van der Waals surface area contributed by atoms with Gasteiger partial charge in [-0.05, 0) is 37.5 Å². The highest BCUT2D eigenvalue weighted by Crippen LogP contribution is 2.39. The summed E-state index contributed by atoms with van der Waals surface area (Å²) >= 11 is 7.42. The van der Waals surface area contributed by atoms with Crippen LogP contribution < -0.4 is 11.1 Å². The SMILES string of the molecule is NC1(c2noc(CC3Sc4ccc(Cl)cc4NC3=O)n2)CCC1. The van der Waals surface area contributed by atoms with Crippen LogP contribution in [0.1, 0.15) is 31.0 Å². The van der Waals surface area contributed by atoms with Gasteiger partial charge in [0, 0.05) is 16.3 Å². The summed E-state index contributed by atoms with van der Waals surface area (Å²) < 4.78 is 5.29. The summed E-state index contributed by atoms with van der Waals surface area (Å²) in [5.41, 5.74) is 6.48. The summed E-state index contributed by atoms with van der Waals surface area (Å²) in [6.07, 6.45) is 3.21. The van der Waals surface area contributed by atoms with Crippen LogP contribution in [-0.4, -0.2) is 21.3 Å². The first-order valence-electron chi connectivity index (χ1n) is 7.42. The quantitative estimate of drug-likeness (QED) is 0.883. The molecule has 1 aromatic heterocycles. The van der Waals surface area contributed by atoms with Crippen LogP contribution in [0.25, 0.3) is 0 Å². The number of fused-ring (bicyclic) bond motifs is 1. The number of nitrogens with one attached hydrogen (secondary N) is 1. The van der Waals surface area contributed by atoms with Crippen molar-refractivity contribution in [2.45, 2.75) is 41.4 Å². The van der Waals surface area contributed by atoms with Crippen LogP contribution in [0.15, 0.2) is 27.6 Å². The van der Waals surface area contributed by atoms with Crippen molar-refractivity contribution in [2.24, 2.45) is 5.73 Å². The second-order valence-corrected chi connectivity index (χ2v) is 7.64. The molecular weight excluding hydrogens is 336 g/mol. The molecule has 1 aromatic carbocycles. The Labute approximate surface area is 142 Å². The van der Waals surface area contributed by atoms with Gasteiger partial charge in [-0.2, -0.15) is 4.98 Å². The molecule has 1 saturated carbocycles. The summed E-state index contributed by atoms with van der Waals surface area (Å²) in [4.78, 5) is 17.6. The van der Waals surface area contributed by atoms with E-state index in [2.05, 4.69) is 15.5 Å². The Morgan fingerprint density at radius 1 is 1.48 bits per heavy atom. The van der Waals surface area contributed by atoms with Gasteiger partial charge in [-0.1, -0.05) is 16.8 Å². The summed E-state index contributed by atoms with van der Waals surface area (Å²) in [6.45, 7) is 0. The van der Waals surface area contributed by atoms with E-state index in [1.165, 1.54) is 11.8 Å². The van der Waals surface area contributed by atoms with E-state index < -0.39 is 5.54 Å². The van der Waals surface area contributed by atoms with E-state index in [1.807, 2.05) is 12.1 Å². The third-order valence-electron chi connectivity index (χ3n) is 4.28. The topological polar surface area (TPSA) is 94.0 Å². The Morgan fingerprint density at radius 3 is 3.04 bits per heavy atom. The van der Waals surface area contributed by atoms with Crippen molar-refractivity contribution in [2.75, 3.05) is 5.32 Å². The zero-order valence-corrected chi connectivity index (χ0v) is 13.8. The highest BCUT2D eigenvalue weighted by Gasteiger charge is 2.39. The molecule has 0 spiro atoms. The predicted molar refractivity (Wildman–Crippen MR) is 87.4 cm³/mol. The van der Waals surface area contributed by atoms with E-state index in [9.17, 15) is 4.79 Å². The zero-order chi connectivity index (χ0) is 16.0. The lowest BCUT2D eigenvalue weighted by atomic mass is 9.77. The molecule has 1 aliphatic heterocycles. The first kappa shape index (κ1) is 15.0. The smallest absolute Gasteiger partial charge is 0.238 e. The normalized spacial score (nSPS) is 22.2. The number of hydrogen-bond donors (Lipinski definition) is 2. The van der Waals surface area contributed by atoms with Gasteiger partial charge in [0.2, 0.25) is 11.8 Å². The van der Waals surface area contributed by atoms with Gasteiger partial charge in [-0.25, -0.2) is 0 Å². The molecule has 1 amide bonds. The Bertz CT molecular complexity index is 775. The maximum absolute atomic E-state index is 12.3. The molecule has 0 radical (unpaired) electrons. The molecule has 0 saturated heterocycles. The Kier molecular flexibility index (Phi) is 3.59. The molecule has 120 valence electrons. The Balaban J connectivity index is 1.51. The highest BCUT2D eigenvalue weighted by atomic mass is 35.5. The second kappa shape index (κ2) is 5.51. The fraction of sp³-hybridized carbons (Fsp3) is 0.400. The van der Waals surface area contributed by atoms with Crippen LogP contribution in [0.3, 0.4) is 0 Å². The second-order valence-electron chi connectivity index (χ2n) is 5.96. The van der Waals surface area contributed by atoms with E-state index in [4.69, 9.17) is 21.9 Å². The molecule has 8 heteroatoms. The molecule has 1 unspecified atom stereocenters. The van der Waals surface area contributed by atoms with E-state index in [0.717, 1.165) is 29.8 Å². The van der Waals surface area contributed by atoms with Crippen LogP contribution in [-0.2, 0) is 16.8 Å². The van der Waals surface area contributed by atoms with Crippen molar-refractivity contribution in [3.8, 4) is 0 Å². The molecule has 0 bridgehead atoms. The maximum Gasteiger partial charge on any atom is 0.238 e. The molecule has 1 aliphatic carbocycles. The molecule has 2 aromatic rings. The number of carbonyl (C=O) groups is 1. The van der Waals surface area contributed by atoms with Crippen LogP contribution in [0.5, 0.6) is 0 Å². The molecule has 4 rings (SSSR count). The molecule has 2 aliphatic rings. The van der Waals surface area contributed by atoms with Crippen molar-refractivity contribution >= 4 is 35.0 Å². The summed E-state index contributed by atoms with van der Waals surface area (Å²) in [5.74, 6) is 0.907. The molecule has 6 nitrogen and oxygen atoms in total. The van der Waals surface area contributed by atoms with Gasteiger partial charge in [0.1, 0.15) is 0 Å². The largest absolute Gasteiger partial charge is 0.339 e. The number of nitrogens with two attached hydrogens (primary N) is 1. The number of hydrogen-bond acceptors (Lipinski definition) is 6. The third kappa shape index (κ3) is 2.73. The van der Waals surface area contributed by atoms with Gasteiger partial charge in [-0.3, -0.25) is 4.79 Å². The lowest BCUT2D eigenvalue weighted by Crippen LogP contribution is -2.44. The summed E-state index contributed by atoms with van der Waals surface area (Å²) in [5, 5.41) is 7.14. The van der Waals surface area contributed by atoms with Crippen LogP contribution in [0, 0.1) is 0 Å². The number of anilines is 1. The molecule has 2 heterocycles. The van der Waals surface area contributed by atoms with E-state index in [1.54, 1.807) is 6.07 Å². The lowest BCUT2D eigenvalue weighted by Gasteiger charge is -2.34. The minimum Gasteiger partial charge on any atom is -0.339 e. The summed E-state index contributed by atoms with van der Waals surface area (Å²) in [7, 11) is 0. The average molecular weight is 351 g/mol. The van der Waals surface area contributed by atoms with Crippen LogP contribution in [0.2, 0.25) is 5.02 Å². The average Bonchev–Trinajstić information content (AvgIpc) is 2.95. The molecular formula is C15H15ClN4O2S. The highest BCUT2D eigenvalue weighted by molar-refractivity contribution is 8.01. The van der Waals surface area contributed by atoms with Crippen molar-refractivity contribution in [3.05, 3.63) is 34.9 Å². The third-order valence-corrected chi connectivity index (χ3v) is 5.79. The molecule has 3 N–H and O–H groups in total. The van der Waals surface area contributed by atoms with Crippen molar-refractivity contribution < 1.29 is 9.32 Å². The molecule has 1 atom stereocenters.